The van der Waals surface area contributed by atoms with Crippen LogP contribution in [0.4, 0.5) is 0 Å². The number of hydrogen-bond acceptors (Lipinski definition) is 3. The first-order valence-corrected chi connectivity index (χ1v) is 6.39. The Kier molecular flexibility index (Phi) is 8.98. The average Bonchev–Trinajstić information content (AvgIpc) is 2.31. The van der Waals surface area contributed by atoms with Gasteiger partial charge in [-0.1, -0.05) is 18.5 Å². The van der Waals surface area contributed by atoms with Gasteiger partial charge in [0.1, 0.15) is 0 Å². The zero-order valence-electron chi connectivity index (χ0n) is 11.1. The van der Waals surface area contributed by atoms with E-state index >= 15 is 0 Å². The Labute approximate surface area is 120 Å². The molecule has 0 heterocycles. The highest BCUT2D eigenvalue weighted by Crippen LogP contribution is 2.36. The second-order valence-electron chi connectivity index (χ2n) is 3.55. The number of hydrogen-bond donors (Lipinski definition) is 1. The summed E-state index contributed by atoms with van der Waals surface area (Å²) >= 11 is 6.20. The number of benzene rings is 1. The number of halogens is 2. The van der Waals surface area contributed by atoms with Crippen LogP contribution in [0, 0.1) is 0 Å². The van der Waals surface area contributed by atoms with E-state index in [9.17, 15) is 0 Å². The minimum Gasteiger partial charge on any atom is -0.490 e. The van der Waals surface area contributed by atoms with Crippen LogP contribution in [0.1, 0.15) is 26.3 Å². The minimum absolute atomic E-state index is 0. The Bertz CT molecular complexity index is 359. The van der Waals surface area contributed by atoms with E-state index in [1.54, 1.807) is 0 Å². The van der Waals surface area contributed by atoms with Crippen LogP contribution in [0.25, 0.3) is 0 Å². The molecule has 0 fully saturated rings. The summed E-state index contributed by atoms with van der Waals surface area (Å²) in [6, 6.07) is 3.89. The molecule has 104 valence electrons. The molecule has 18 heavy (non-hydrogen) atoms. The van der Waals surface area contributed by atoms with Gasteiger partial charge in [0, 0.05) is 6.54 Å². The molecule has 1 rings (SSSR count). The lowest BCUT2D eigenvalue weighted by Gasteiger charge is -2.14. The molecule has 0 aliphatic rings. The highest BCUT2D eigenvalue weighted by molar-refractivity contribution is 6.32. The summed E-state index contributed by atoms with van der Waals surface area (Å²) in [7, 11) is 0. The molecule has 0 saturated heterocycles. The summed E-state index contributed by atoms with van der Waals surface area (Å²) in [5.41, 5.74) is 1.10. The molecule has 5 heteroatoms. The van der Waals surface area contributed by atoms with Crippen LogP contribution in [0.5, 0.6) is 11.5 Å². The van der Waals surface area contributed by atoms with Gasteiger partial charge in [-0.15, -0.1) is 12.4 Å². The van der Waals surface area contributed by atoms with Crippen molar-refractivity contribution in [3.63, 3.8) is 0 Å². The van der Waals surface area contributed by atoms with Gasteiger partial charge in [0.25, 0.3) is 0 Å². The molecule has 0 aromatic heterocycles. The Balaban J connectivity index is 0.00000289. The van der Waals surface area contributed by atoms with Crippen molar-refractivity contribution in [2.45, 2.75) is 27.3 Å². The topological polar surface area (TPSA) is 30.5 Å². The highest BCUT2D eigenvalue weighted by Gasteiger charge is 2.11. The van der Waals surface area contributed by atoms with Crippen LogP contribution in [0.15, 0.2) is 12.1 Å². The van der Waals surface area contributed by atoms with E-state index in [0.717, 1.165) is 24.4 Å². The number of rotatable bonds is 7. The van der Waals surface area contributed by atoms with Gasteiger partial charge in [-0.25, -0.2) is 0 Å². The van der Waals surface area contributed by atoms with Crippen molar-refractivity contribution in [1.82, 2.24) is 5.32 Å². The minimum atomic E-state index is 0. The predicted octanol–water partition coefficient (Wildman–Crippen LogP) is 3.67. The molecule has 0 amide bonds. The standard InChI is InChI=1S/C13H20ClNO2.ClH/c1-4-15-9-10-7-11(14)13(17-6-3)12(8-10)16-5-2;/h7-8,15H,4-6,9H2,1-3H3;1H. The molecule has 0 aliphatic heterocycles. The fraction of sp³-hybridized carbons (Fsp3) is 0.538. The molecule has 0 aliphatic carbocycles. The largest absolute Gasteiger partial charge is 0.490 e. The van der Waals surface area contributed by atoms with Crippen molar-refractivity contribution in [1.29, 1.82) is 0 Å². The van der Waals surface area contributed by atoms with Crippen LogP contribution < -0.4 is 14.8 Å². The van der Waals surface area contributed by atoms with Crippen LogP contribution >= 0.6 is 24.0 Å². The summed E-state index contributed by atoms with van der Waals surface area (Å²) in [6.07, 6.45) is 0. The third-order valence-electron chi connectivity index (χ3n) is 2.24. The van der Waals surface area contributed by atoms with E-state index in [2.05, 4.69) is 12.2 Å². The normalized spacial score (nSPS) is 9.78. The van der Waals surface area contributed by atoms with Crippen molar-refractivity contribution in [3.8, 4) is 11.5 Å². The van der Waals surface area contributed by atoms with Crippen molar-refractivity contribution >= 4 is 24.0 Å². The quantitative estimate of drug-likeness (QED) is 0.832. The second kappa shape index (κ2) is 9.31. The second-order valence-corrected chi connectivity index (χ2v) is 3.96. The third-order valence-corrected chi connectivity index (χ3v) is 2.52. The van der Waals surface area contributed by atoms with Gasteiger partial charge in [-0.05, 0) is 38.1 Å². The highest BCUT2D eigenvalue weighted by atomic mass is 35.5. The maximum atomic E-state index is 6.20. The molecule has 0 spiro atoms. The van der Waals surface area contributed by atoms with Crippen LogP contribution in [0.2, 0.25) is 5.02 Å². The Morgan fingerprint density at radius 3 is 2.33 bits per heavy atom. The summed E-state index contributed by atoms with van der Waals surface area (Å²) in [6.45, 7) is 8.82. The molecule has 1 aromatic rings. The summed E-state index contributed by atoms with van der Waals surface area (Å²) in [4.78, 5) is 0. The predicted molar refractivity (Wildman–Crippen MR) is 78.4 cm³/mol. The van der Waals surface area contributed by atoms with Crippen LogP contribution in [0.3, 0.4) is 0 Å². The molecule has 1 aromatic carbocycles. The molecular weight excluding hydrogens is 273 g/mol. The lowest BCUT2D eigenvalue weighted by molar-refractivity contribution is 0.287. The number of ether oxygens (including phenoxy) is 2. The molecular formula is C13H21Cl2NO2. The first kappa shape index (κ1) is 17.4. The zero-order valence-corrected chi connectivity index (χ0v) is 12.7. The van der Waals surface area contributed by atoms with Crippen molar-refractivity contribution in [3.05, 3.63) is 22.7 Å². The van der Waals surface area contributed by atoms with E-state index in [1.807, 2.05) is 26.0 Å². The van der Waals surface area contributed by atoms with Gasteiger partial charge in [-0.2, -0.15) is 0 Å². The van der Waals surface area contributed by atoms with Gasteiger partial charge < -0.3 is 14.8 Å². The molecule has 0 atom stereocenters. The molecule has 0 radical (unpaired) electrons. The van der Waals surface area contributed by atoms with Crippen molar-refractivity contribution in [2.24, 2.45) is 0 Å². The molecule has 0 bridgehead atoms. The Morgan fingerprint density at radius 2 is 1.78 bits per heavy atom. The van der Waals surface area contributed by atoms with Crippen LogP contribution in [-0.4, -0.2) is 19.8 Å². The summed E-state index contributed by atoms with van der Waals surface area (Å²) in [5.74, 6) is 1.35. The lowest BCUT2D eigenvalue weighted by atomic mass is 10.2. The van der Waals surface area contributed by atoms with E-state index in [0.29, 0.717) is 24.0 Å². The number of nitrogens with one attached hydrogen (secondary N) is 1. The van der Waals surface area contributed by atoms with Gasteiger partial charge >= 0.3 is 0 Å². The first-order chi connectivity index (χ1) is 8.22. The van der Waals surface area contributed by atoms with E-state index in [4.69, 9.17) is 21.1 Å². The summed E-state index contributed by atoms with van der Waals surface area (Å²) in [5, 5.41) is 3.86. The van der Waals surface area contributed by atoms with Crippen LogP contribution in [-0.2, 0) is 6.54 Å². The SMILES string of the molecule is CCNCc1cc(Cl)c(OCC)c(OCC)c1.Cl. The van der Waals surface area contributed by atoms with Gasteiger partial charge in [-0.3, -0.25) is 0 Å². The van der Waals surface area contributed by atoms with E-state index in [1.165, 1.54) is 0 Å². The van der Waals surface area contributed by atoms with Gasteiger partial charge in [0.2, 0.25) is 0 Å². The average molecular weight is 294 g/mol. The lowest BCUT2D eigenvalue weighted by Crippen LogP contribution is -2.12. The molecule has 0 unspecified atom stereocenters. The van der Waals surface area contributed by atoms with E-state index in [-0.39, 0.29) is 12.4 Å². The zero-order chi connectivity index (χ0) is 12.7. The maximum absolute atomic E-state index is 6.20. The van der Waals surface area contributed by atoms with Crippen molar-refractivity contribution < 1.29 is 9.47 Å². The van der Waals surface area contributed by atoms with Gasteiger partial charge in [0.15, 0.2) is 11.5 Å². The fourth-order valence-electron chi connectivity index (χ4n) is 1.54. The Morgan fingerprint density at radius 1 is 1.11 bits per heavy atom. The molecule has 1 N–H and O–H groups in total. The molecule has 3 nitrogen and oxygen atoms in total. The first-order valence-electron chi connectivity index (χ1n) is 6.01. The third kappa shape index (κ3) is 4.92. The Hall–Kier alpha value is -0.640. The van der Waals surface area contributed by atoms with Crippen molar-refractivity contribution in [2.75, 3.05) is 19.8 Å². The molecule has 0 saturated carbocycles. The smallest absolute Gasteiger partial charge is 0.179 e. The summed E-state index contributed by atoms with van der Waals surface area (Å²) < 4.78 is 11.1. The maximum Gasteiger partial charge on any atom is 0.179 e. The van der Waals surface area contributed by atoms with Gasteiger partial charge in [0.05, 0.1) is 18.2 Å². The monoisotopic (exact) mass is 293 g/mol. The fourth-order valence-corrected chi connectivity index (χ4v) is 1.83. The van der Waals surface area contributed by atoms with E-state index < -0.39 is 0 Å².